The maximum atomic E-state index is 12.2. The van der Waals surface area contributed by atoms with Gasteiger partial charge >= 0.3 is 0 Å². The topological polar surface area (TPSA) is 55.2 Å². The van der Waals surface area contributed by atoms with Gasteiger partial charge in [0.2, 0.25) is 0 Å². The Bertz CT molecular complexity index is 531. The average Bonchev–Trinajstić information content (AvgIpc) is 2.56. The third-order valence-electron chi connectivity index (χ3n) is 3.34. The summed E-state index contributed by atoms with van der Waals surface area (Å²) in [5.74, 6) is 1.32. The zero-order chi connectivity index (χ0) is 12.8. The minimum atomic E-state index is -3.42. The Labute approximate surface area is 103 Å². The second-order valence-corrected chi connectivity index (χ2v) is 7.02. The number of fused-ring (bicyclic) bond motifs is 1. The third-order valence-corrected chi connectivity index (χ3v) is 5.12. The van der Waals surface area contributed by atoms with Gasteiger partial charge in [-0.05, 0) is 25.7 Å². The molecule has 1 atom stereocenters. The summed E-state index contributed by atoms with van der Waals surface area (Å²) in [7, 11) is -0.331. The summed E-state index contributed by atoms with van der Waals surface area (Å²) in [6.45, 7) is 4.89. The molecule has 0 amide bonds. The van der Waals surface area contributed by atoms with Crippen LogP contribution in [0, 0.1) is 12.8 Å². The molecule has 0 saturated carbocycles. The second-order valence-electron chi connectivity index (χ2n) is 4.95. The van der Waals surface area contributed by atoms with Crippen molar-refractivity contribution in [3.8, 4) is 0 Å². The Morgan fingerprint density at radius 2 is 2.06 bits per heavy atom. The Morgan fingerprint density at radius 1 is 1.41 bits per heavy atom. The molecule has 6 heteroatoms. The van der Waals surface area contributed by atoms with Gasteiger partial charge in [0.05, 0.1) is 5.69 Å². The largest absolute Gasteiger partial charge is 0.331 e. The highest BCUT2D eigenvalue weighted by molar-refractivity contribution is 7.89. The number of hydrogen-bond donors (Lipinski definition) is 0. The second kappa shape index (κ2) is 4.10. The molecule has 0 aromatic carbocycles. The summed E-state index contributed by atoms with van der Waals surface area (Å²) in [4.78, 5) is 4.25. The highest BCUT2D eigenvalue weighted by atomic mass is 32.2. The smallest absolute Gasteiger partial charge is 0.261 e. The van der Waals surface area contributed by atoms with Crippen molar-refractivity contribution in [2.24, 2.45) is 5.92 Å². The van der Waals surface area contributed by atoms with E-state index in [1.165, 1.54) is 4.31 Å². The Balaban J connectivity index is 2.58. The van der Waals surface area contributed by atoms with Crippen molar-refractivity contribution in [2.45, 2.75) is 38.3 Å². The minimum absolute atomic E-state index is 0.242. The molecular formula is C11H19N3O2S. The van der Waals surface area contributed by atoms with E-state index < -0.39 is 10.0 Å². The first kappa shape index (κ1) is 12.6. The molecule has 0 N–H and O–H groups in total. The van der Waals surface area contributed by atoms with Crippen molar-refractivity contribution in [1.29, 1.82) is 0 Å². The molecule has 0 aliphatic carbocycles. The predicted molar refractivity (Wildman–Crippen MR) is 65.3 cm³/mol. The quantitative estimate of drug-likeness (QED) is 0.795. The molecular weight excluding hydrogens is 238 g/mol. The molecule has 17 heavy (non-hydrogen) atoms. The lowest BCUT2D eigenvalue weighted by Gasteiger charge is -2.22. The molecule has 1 aliphatic rings. The van der Waals surface area contributed by atoms with E-state index in [0.29, 0.717) is 5.92 Å². The van der Waals surface area contributed by atoms with Crippen molar-refractivity contribution in [3.05, 3.63) is 11.5 Å². The summed E-state index contributed by atoms with van der Waals surface area (Å²) in [6.07, 6.45) is 1.88. The van der Waals surface area contributed by atoms with Crippen LogP contribution in [0.15, 0.2) is 5.03 Å². The molecule has 0 bridgehead atoms. The number of rotatable bonds is 2. The predicted octanol–water partition coefficient (Wildman–Crippen LogP) is 1.02. The van der Waals surface area contributed by atoms with Crippen molar-refractivity contribution in [3.63, 3.8) is 0 Å². The Hall–Kier alpha value is -0.880. The van der Waals surface area contributed by atoms with Gasteiger partial charge in [-0.25, -0.2) is 17.7 Å². The number of nitrogens with zero attached hydrogens (tertiary/aromatic N) is 3. The SMILES string of the molecule is Cc1nc(S(=O)(=O)N(C)C)c2n1CCC(C)C2. The maximum Gasteiger partial charge on any atom is 0.261 e. The molecule has 1 aromatic heterocycles. The summed E-state index contributed by atoms with van der Waals surface area (Å²) in [5.41, 5.74) is 0.870. The minimum Gasteiger partial charge on any atom is -0.331 e. The normalized spacial score (nSPS) is 20.6. The molecule has 2 rings (SSSR count). The molecule has 0 radical (unpaired) electrons. The monoisotopic (exact) mass is 257 g/mol. The lowest BCUT2D eigenvalue weighted by Crippen LogP contribution is -2.25. The van der Waals surface area contributed by atoms with Gasteiger partial charge in [0, 0.05) is 20.6 Å². The summed E-state index contributed by atoms with van der Waals surface area (Å²) >= 11 is 0. The summed E-state index contributed by atoms with van der Waals surface area (Å²) in [5, 5.41) is 0.242. The average molecular weight is 257 g/mol. The van der Waals surface area contributed by atoms with Crippen LogP contribution in [-0.4, -0.2) is 36.4 Å². The van der Waals surface area contributed by atoms with Gasteiger partial charge < -0.3 is 4.57 Å². The van der Waals surface area contributed by atoms with Crippen LogP contribution in [0.5, 0.6) is 0 Å². The van der Waals surface area contributed by atoms with Crippen LogP contribution in [0.25, 0.3) is 0 Å². The molecule has 2 heterocycles. The van der Waals surface area contributed by atoms with E-state index in [1.54, 1.807) is 14.1 Å². The van der Waals surface area contributed by atoms with E-state index in [1.807, 2.05) is 11.5 Å². The van der Waals surface area contributed by atoms with Crippen LogP contribution in [0.3, 0.4) is 0 Å². The molecule has 1 aliphatic heterocycles. The molecule has 5 nitrogen and oxygen atoms in total. The highest BCUT2D eigenvalue weighted by Gasteiger charge is 2.30. The van der Waals surface area contributed by atoms with Crippen molar-refractivity contribution in [2.75, 3.05) is 14.1 Å². The number of sulfonamides is 1. The number of imidazole rings is 1. The first-order valence-electron chi connectivity index (χ1n) is 5.82. The third kappa shape index (κ3) is 1.99. The Kier molecular flexibility index (Phi) is 3.03. The van der Waals surface area contributed by atoms with Gasteiger partial charge in [0.1, 0.15) is 5.82 Å². The maximum absolute atomic E-state index is 12.2. The zero-order valence-electron chi connectivity index (χ0n) is 10.8. The van der Waals surface area contributed by atoms with Gasteiger partial charge in [-0.3, -0.25) is 0 Å². The number of aromatic nitrogens is 2. The van der Waals surface area contributed by atoms with Crippen LogP contribution >= 0.6 is 0 Å². The summed E-state index contributed by atoms with van der Waals surface area (Å²) < 4.78 is 27.6. The fraction of sp³-hybridized carbons (Fsp3) is 0.727. The molecule has 1 unspecified atom stereocenters. The van der Waals surface area contributed by atoms with Gasteiger partial charge in [-0.1, -0.05) is 6.92 Å². The standard InChI is InChI=1S/C11H19N3O2S/c1-8-5-6-14-9(2)12-11(10(14)7-8)17(15,16)13(3)4/h8H,5-7H2,1-4H3. The van der Waals surface area contributed by atoms with E-state index in [4.69, 9.17) is 0 Å². The van der Waals surface area contributed by atoms with Gasteiger partial charge in [-0.2, -0.15) is 0 Å². The van der Waals surface area contributed by atoms with Crippen LogP contribution in [-0.2, 0) is 23.0 Å². The molecule has 0 saturated heterocycles. The van der Waals surface area contributed by atoms with Crippen LogP contribution in [0.1, 0.15) is 24.9 Å². The van der Waals surface area contributed by atoms with E-state index in [2.05, 4.69) is 11.9 Å². The van der Waals surface area contributed by atoms with E-state index in [0.717, 1.165) is 30.9 Å². The lowest BCUT2D eigenvalue weighted by molar-refractivity contribution is 0.406. The van der Waals surface area contributed by atoms with Gasteiger partial charge in [0.25, 0.3) is 10.0 Å². The van der Waals surface area contributed by atoms with Gasteiger partial charge in [0.15, 0.2) is 5.03 Å². The molecule has 96 valence electrons. The fourth-order valence-corrected chi connectivity index (χ4v) is 3.32. The number of hydrogen-bond acceptors (Lipinski definition) is 3. The van der Waals surface area contributed by atoms with Crippen molar-refractivity contribution < 1.29 is 8.42 Å². The zero-order valence-corrected chi connectivity index (χ0v) is 11.6. The van der Waals surface area contributed by atoms with Crippen LogP contribution < -0.4 is 0 Å². The van der Waals surface area contributed by atoms with E-state index in [-0.39, 0.29) is 5.03 Å². The highest BCUT2D eigenvalue weighted by Crippen LogP contribution is 2.27. The summed E-state index contributed by atoms with van der Waals surface area (Å²) in [6, 6.07) is 0. The Morgan fingerprint density at radius 3 is 2.65 bits per heavy atom. The van der Waals surface area contributed by atoms with Crippen molar-refractivity contribution >= 4 is 10.0 Å². The number of aryl methyl sites for hydroxylation is 1. The fourth-order valence-electron chi connectivity index (χ4n) is 2.24. The molecule has 1 aromatic rings. The van der Waals surface area contributed by atoms with Crippen LogP contribution in [0.4, 0.5) is 0 Å². The van der Waals surface area contributed by atoms with Gasteiger partial charge in [-0.15, -0.1) is 0 Å². The van der Waals surface area contributed by atoms with Crippen molar-refractivity contribution in [1.82, 2.24) is 13.9 Å². The van der Waals surface area contributed by atoms with E-state index >= 15 is 0 Å². The van der Waals surface area contributed by atoms with Crippen LogP contribution in [0.2, 0.25) is 0 Å². The molecule has 0 spiro atoms. The first-order valence-corrected chi connectivity index (χ1v) is 7.26. The first-order chi connectivity index (χ1) is 7.84. The lowest BCUT2D eigenvalue weighted by atomic mass is 9.99. The molecule has 0 fully saturated rings. The van der Waals surface area contributed by atoms with E-state index in [9.17, 15) is 8.42 Å².